The molecule has 0 bridgehead atoms. The lowest BCUT2D eigenvalue weighted by Gasteiger charge is -2.37. The van der Waals surface area contributed by atoms with Crippen molar-refractivity contribution in [2.75, 3.05) is 19.5 Å². The van der Waals surface area contributed by atoms with Crippen LogP contribution in [0.4, 0.5) is 5.82 Å². The zero-order chi connectivity index (χ0) is 21.4. The van der Waals surface area contributed by atoms with E-state index >= 15 is 0 Å². The summed E-state index contributed by atoms with van der Waals surface area (Å²) < 4.78 is 25.4. The van der Waals surface area contributed by atoms with Crippen molar-refractivity contribution in [2.24, 2.45) is 0 Å². The highest BCUT2D eigenvalue weighted by atomic mass is 32.1. The molecule has 0 radical (unpaired) electrons. The number of rotatable bonds is 5. The number of fused-ring (bicyclic) bond motifs is 1. The average Bonchev–Trinajstić information content (AvgIpc) is 3.23. The van der Waals surface area contributed by atoms with E-state index in [-0.39, 0.29) is 28.7 Å². The van der Waals surface area contributed by atoms with Crippen molar-refractivity contribution < 1.29 is 18.6 Å². The molecule has 0 unspecified atom stereocenters. The first kappa shape index (κ1) is 21.9. The van der Waals surface area contributed by atoms with Gasteiger partial charge in [0.2, 0.25) is 0 Å². The summed E-state index contributed by atoms with van der Waals surface area (Å²) >= 11 is 5.11. The van der Waals surface area contributed by atoms with Gasteiger partial charge < -0.3 is 24.4 Å². The van der Waals surface area contributed by atoms with Gasteiger partial charge in [-0.2, -0.15) is 0 Å². The van der Waals surface area contributed by atoms with Gasteiger partial charge in [-0.1, -0.05) is 20.8 Å². The molecule has 160 valence electrons. The lowest BCUT2D eigenvalue weighted by molar-refractivity contribution is -0.0411. The highest BCUT2D eigenvalue weighted by Gasteiger charge is 2.43. The molecule has 3 heterocycles. The summed E-state index contributed by atoms with van der Waals surface area (Å²) in [4.78, 5) is 12.6. The minimum absolute atomic E-state index is 0.0821. The van der Waals surface area contributed by atoms with Crippen LogP contribution < -0.4 is 5.73 Å². The van der Waals surface area contributed by atoms with Crippen LogP contribution in [0.15, 0.2) is 12.7 Å². The van der Waals surface area contributed by atoms with Crippen LogP contribution in [-0.4, -0.2) is 59.0 Å². The van der Waals surface area contributed by atoms with E-state index < -0.39 is 8.32 Å². The van der Waals surface area contributed by atoms with Crippen LogP contribution in [-0.2, 0) is 18.6 Å². The number of hydrogen-bond acceptors (Lipinski definition) is 9. The molecule has 0 spiro atoms. The Morgan fingerprint density at radius 1 is 1.34 bits per heavy atom. The minimum Gasteiger partial charge on any atom is -0.460 e. The first-order chi connectivity index (χ1) is 13.5. The topological polar surface area (TPSA) is 107 Å². The third-order valence-electron chi connectivity index (χ3n) is 5.71. The van der Waals surface area contributed by atoms with Crippen molar-refractivity contribution in [3.8, 4) is 0 Å². The number of nitrogens with two attached hydrogens (primary N) is 1. The van der Waals surface area contributed by atoms with E-state index in [4.69, 9.17) is 36.6 Å². The molecule has 1 aliphatic heterocycles. The molecule has 0 saturated carbocycles. The Morgan fingerprint density at radius 2 is 2.07 bits per heavy atom. The molecule has 9 nitrogen and oxygen atoms in total. The Kier molecular flexibility index (Phi) is 6.13. The van der Waals surface area contributed by atoms with Crippen molar-refractivity contribution in [3.63, 3.8) is 0 Å². The Balaban J connectivity index is 1.81. The smallest absolute Gasteiger partial charge is 0.352 e. The van der Waals surface area contributed by atoms with Crippen LogP contribution in [0.1, 0.15) is 33.4 Å². The number of methoxy groups -OCH3 is 1. The van der Waals surface area contributed by atoms with Gasteiger partial charge in [0.15, 0.2) is 19.8 Å². The number of nitrogen functional groups attached to an aromatic ring is 1. The second-order valence-electron chi connectivity index (χ2n) is 8.63. The van der Waals surface area contributed by atoms with Crippen molar-refractivity contribution in [1.82, 2.24) is 19.5 Å². The maximum atomic E-state index is 6.37. The van der Waals surface area contributed by atoms with Gasteiger partial charge in [-0.3, -0.25) is 4.57 Å². The van der Waals surface area contributed by atoms with Crippen molar-refractivity contribution >= 4 is 42.8 Å². The Labute approximate surface area is 177 Å². The molecule has 11 heteroatoms. The molecule has 1 fully saturated rings. The standard InChI is InChI=1S/C18H29N5O4SSi/c1-18(2,3)29(5,6)25-8-12-11(27-17(28)24-4)7-13(26-12)23-10-22-14-15(19)20-9-21-16(14)23/h9-13H,7-8H2,1-6H3,(H2,19,20,21)/t11-,12-,13-/m1/s1. The average molecular weight is 440 g/mol. The van der Waals surface area contributed by atoms with Crippen LogP contribution in [0.3, 0.4) is 0 Å². The normalized spacial score (nSPS) is 22.8. The molecular formula is C18H29N5O4SSi. The summed E-state index contributed by atoms with van der Waals surface area (Å²) in [6, 6.07) is 0. The summed E-state index contributed by atoms with van der Waals surface area (Å²) in [7, 11) is -0.460. The molecule has 2 aromatic rings. The summed E-state index contributed by atoms with van der Waals surface area (Å²) in [5.74, 6) is 0.331. The molecule has 1 saturated heterocycles. The lowest BCUT2D eigenvalue weighted by atomic mass is 10.2. The predicted molar refractivity (Wildman–Crippen MR) is 116 cm³/mol. The highest BCUT2D eigenvalue weighted by molar-refractivity contribution is 7.79. The molecule has 0 aliphatic carbocycles. The van der Waals surface area contributed by atoms with E-state index in [0.29, 0.717) is 30.0 Å². The molecule has 0 aromatic carbocycles. The maximum Gasteiger partial charge on any atom is 0.352 e. The van der Waals surface area contributed by atoms with E-state index in [1.54, 1.807) is 6.33 Å². The first-order valence-corrected chi connectivity index (χ1v) is 12.8. The second-order valence-corrected chi connectivity index (χ2v) is 13.8. The fourth-order valence-corrected chi connectivity index (χ4v) is 4.04. The number of imidazole rings is 1. The van der Waals surface area contributed by atoms with Crippen LogP contribution in [0, 0.1) is 0 Å². The molecule has 2 N–H and O–H groups in total. The first-order valence-electron chi connectivity index (χ1n) is 9.50. The van der Waals surface area contributed by atoms with Gasteiger partial charge in [0.1, 0.15) is 30.3 Å². The summed E-state index contributed by atoms with van der Waals surface area (Å²) in [5, 5.41) is 0.177. The van der Waals surface area contributed by atoms with Gasteiger partial charge >= 0.3 is 5.24 Å². The van der Waals surface area contributed by atoms with E-state index in [1.165, 1.54) is 13.4 Å². The molecule has 1 aliphatic rings. The van der Waals surface area contributed by atoms with Crippen LogP contribution in [0.5, 0.6) is 0 Å². The van der Waals surface area contributed by atoms with E-state index in [0.717, 1.165) is 0 Å². The Hall–Kier alpha value is -1.82. The van der Waals surface area contributed by atoms with Crippen molar-refractivity contribution in [3.05, 3.63) is 12.7 Å². The van der Waals surface area contributed by atoms with Crippen molar-refractivity contribution in [2.45, 2.75) is 63.8 Å². The number of nitrogens with zero attached hydrogens (tertiary/aromatic N) is 4. The van der Waals surface area contributed by atoms with Gasteiger partial charge in [-0.05, 0) is 18.1 Å². The minimum atomic E-state index is -1.95. The number of ether oxygens (including phenoxy) is 3. The fourth-order valence-electron chi connectivity index (χ4n) is 2.90. The summed E-state index contributed by atoms with van der Waals surface area (Å²) in [6.07, 6.45) is 2.66. The van der Waals surface area contributed by atoms with E-state index in [2.05, 4.69) is 48.8 Å². The molecule has 3 atom stereocenters. The molecule has 29 heavy (non-hydrogen) atoms. The molecule has 3 rings (SSSR count). The fraction of sp³-hybridized carbons (Fsp3) is 0.667. The van der Waals surface area contributed by atoms with Crippen molar-refractivity contribution in [1.29, 1.82) is 0 Å². The van der Waals surface area contributed by atoms with Gasteiger partial charge in [0.25, 0.3) is 0 Å². The number of thiocarbonyl (C=S) groups is 1. The van der Waals surface area contributed by atoms with Gasteiger partial charge in [-0.25, -0.2) is 15.0 Å². The van der Waals surface area contributed by atoms with E-state index in [9.17, 15) is 0 Å². The largest absolute Gasteiger partial charge is 0.460 e. The third kappa shape index (κ3) is 4.52. The van der Waals surface area contributed by atoms with E-state index in [1.807, 2.05) is 4.57 Å². The molecule has 0 amide bonds. The SMILES string of the molecule is COC(=S)O[C@@H]1C[C@H](n2cnc3c(N)ncnc32)O[C@@H]1CO[Si](C)(C)C(C)(C)C. The number of aromatic nitrogens is 4. The summed E-state index contributed by atoms with van der Waals surface area (Å²) in [5.41, 5.74) is 7.06. The molecular weight excluding hydrogens is 410 g/mol. The monoisotopic (exact) mass is 439 g/mol. The number of anilines is 1. The third-order valence-corrected chi connectivity index (χ3v) is 10.5. The molecule has 2 aromatic heterocycles. The number of hydrogen-bond donors (Lipinski definition) is 1. The summed E-state index contributed by atoms with van der Waals surface area (Å²) in [6.45, 7) is 11.4. The van der Waals surface area contributed by atoms with Crippen LogP contribution >= 0.6 is 12.2 Å². The quantitative estimate of drug-likeness (QED) is 0.555. The van der Waals surface area contributed by atoms with Gasteiger partial charge in [-0.15, -0.1) is 0 Å². The zero-order valence-corrected chi connectivity index (χ0v) is 19.5. The van der Waals surface area contributed by atoms with Gasteiger partial charge in [0.05, 0.1) is 20.0 Å². The maximum absolute atomic E-state index is 6.37. The van der Waals surface area contributed by atoms with Crippen LogP contribution in [0.2, 0.25) is 18.1 Å². The Morgan fingerprint density at radius 3 is 2.72 bits per heavy atom. The Bertz CT molecular complexity index is 885. The zero-order valence-electron chi connectivity index (χ0n) is 17.7. The van der Waals surface area contributed by atoms with Crippen LogP contribution in [0.25, 0.3) is 11.2 Å². The second kappa shape index (κ2) is 8.13. The predicted octanol–water partition coefficient (Wildman–Crippen LogP) is 3.03. The van der Waals surface area contributed by atoms with Gasteiger partial charge in [0, 0.05) is 18.6 Å². The highest BCUT2D eigenvalue weighted by Crippen LogP contribution is 2.38. The lowest BCUT2D eigenvalue weighted by Crippen LogP contribution is -2.44.